The second-order valence-corrected chi connectivity index (χ2v) is 5.62. The molecular formula is C13H21NO3. The quantitative estimate of drug-likeness (QED) is 0.787. The minimum absolute atomic E-state index is 0.0249. The molecule has 2 fully saturated rings. The number of hydrogen-bond donors (Lipinski definition) is 2. The van der Waals surface area contributed by atoms with Crippen LogP contribution >= 0.6 is 0 Å². The molecule has 17 heavy (non-hydrogen) atoms. The molecule has 2 unspecified atom stereocenters. The smallest absolute Gasteiger partial charge is 0.329 e. The van der Waals surface area contributed by atoms with Gasteiger partial charge in [-0.1, -0.05) is 19.8 Å². The molecule has 2 atom stereocenters. The van der Waals surface area contributed by atoms with E-state index in [4.69, 9.17) is 0 Å². The molecule has 0 bridgehead atoms. The second kappa shape index (κ2) is 4.67. The van der Waals surface area contributed by atoms with Crippen LogP contribution in [0.1, 0.15) is 51.9 Å². The Bertz CT molecular complexity index is 325. The molecule has 0 aromatic heterocycles. The molecule has 96 valence electrons. The van der Waals surface area contributed by atoms with Crippen LogP contribution in [0.3, 0.4) is 0 Å². The molecule has 1 amide bonds. The zero-order chi connectivity index (χ0) is 12.5. The minimum Gasteiger partial charge on any atom is -0.479 e. The van der Waals surface area contributed by atoms with E-state index in [1.165, 1.54) is 0 Å². The van der Waals surface area contributed by atoms with Gasteiger partial charge in [0.1, 0.15) is 5.54 Å². The Morgan fingerprint density at radius 2 is 2.00 bits per heavy atom. The summed E-state index contributed by atoms with van der Waals surface area (Å²) in [4.78, 5) is 23.4. The third kappa shape index (κ3) is 2.61. The van der Waals surface area contributed by atoms with Gasteiger partial charge in [-0.15, -0.1) is 0 Å². The Labute approximate surface area is 102 Å². The van der Waals surface area contributed by atoms with Gasteiger partial charge in [-0.25, -0.2) is 4.79 Å². The second-order valence-electron chi connectivity index (χ2n) is 5.62. The van der Waals surface area contributed by atoms with Crippen molar-refractivity contribution in [2.24, 2.45) is 11.8 Å². The van der Waals surface area contributed by atoms with Gasteiger partial charge in [0.25, 0.3) is 0 Å². The van der Waals surface area contributed by atoms with Crippen LogP contribution < -0.4 is 5.32 Å². The first kappa shape index (κ1) is 12.4. The highest BCUT2D eigenvalue weighted by molar-refractivity contribution is 5.87. The molecule has 0 saturated heterocycles. The maximum atomic E-state index is 11.8. The zero-order valence-corrected chi connectivity index (χ0v) is 10.4. The van der Waals surface area contributed by atoms with Gasteiger partial charge in [-0.05, 0) is 37.5 Å². The average Bonchev–Trinajstić information content (AvgIpc) is 3.05. The highest BCUT2D eigenvalue weighted by Crippen LogP contribution is 2.36. The Hall–Kier alpha value is -1.06. The first-order chi connectivity index (χ1) is 8.04. The first-order valence-electron chi connectivity index (χ1n) is 6.59. The van der Waals surface area contributed by atoms with Crippen molar-refractivity contribution in [2.75, 3.05) is 0 Å². The van der Waals surface area contributed by atoms with Crippen molar-refractivity contribution >= 4 is 11.9 Å². The van der Waals surface area contributed by atoms with E-state index in [2.05, 4.69) is 5.32 Å². The van der Waals surface area contributed by atoms with E-state index in [9.17, 15) is 14.7 Å². The topological polar surface area (TPSA) is 66.4 Å². The van der Waals surface area contributed by atoms with Crippen molar-refractivity contribution in [3.8, 4) is 0 Å². The first-order valence-corrected chi connectivity index (χ1v) is 6.59. The van der Waals surface area contributed by atoms with E-state index in [0.29, 0.717) is 18.8 Å². The lowest BCUT2D eigenvalue weighted by molar-refractivity contribution is -0.152. The monoisotopic (exact) mass is 239 g/mol. The van der Waals surface area contributed by atoms with Crippen LogP contribution in [0.15, 0.2) is 0 Å². The maximum Gasteiger partial charge on any atom is 0.329 e. The molecule has 0 radical (unpaired) electrons. The number of amides is 1. The largest absolute Gasteiger partial charge is 0.479 e. The van der Waals surface area contributed by atoms with Gasteiger partial charge in [-0.2, -0.15) is 0 Å². The van der Waals surface area contributed by atoms with Crippen molar-refractivity contribution < 1.29 is 14.7 Å². The van der Waals surface area contributed by atoms with Gasteiger partial charge in [0, 0.05) is 6.42 Å². The van der Waals surface area contributed by atoms with Crippen molar-refractivity contribution in [1.29, 1.82) is 0 Å². The third-order valence-electron chi connectivity index (χ3n) is 4.21. The fraction of sp³-hybridized carbons (Fsp3) is 0.846. The summed E-state index contributed by atoms with van der Waals surface area (Å²) in [6.07, 6.45) is 6.14. The van der Waals surface area contributed by atoms with Crippen LogP contribution in [0.2, 0.25) is 0 Å². The predicted molar refractivity (Wildman–Crippen MR) is 63.5 cm³/mol. The summed E-state index contributed by atoms with van der Waals surface area (Å²) in [5.41, 5.74) is -1.01. The third-order valence-corrected chi connectivity index (χ3v) is 4.21. The van der Waals surface area contributed by atoms with Crippen LogP contribution in [-0.4, -0.2) is 22.5 Å². The molecular weight excluding hydrogens is 218 g/mol. The highest BCUT2D eigenvalue weighted by atomic mass is 16.4. The van der Waals surface area contributed by atoms with Gasteiger partial charge >= 0.3 is 5.97 Å². The lowest BCUT2D eigenvalue weighted by atomic mass is 9.73. The van der Waals surface area contributed by atoms with Gasteiger partial charge in [-0.3, -0.25) is 4.79 Å². The van der Waals surface area contributed by atoms with Gasteiger partial charge in [0.05, 0.1) is 0 Å². The van der Waals surface area contributed by atoms with Crippen LogP contribution in [0.25, 0.3) is 0 Å². The lowest BCUT2D eigenvalue weighted by Gasteiger charge is -2.39. The molecule has 0 heterocycles. The number of nitrogens with one attached hydrogen (secondary N) is 1. The summed E-state index contributed by atoms with van der Waals surface area (Å²) >= 11 is 0. The number of aliphatic carboxylic acids is 1. The zero-order valence-electron chi connectivity index (χ0n) is 10.4. The number of carbonyl (C=O) groups is 2. The number of hydrogen-bond acceptors (Lipinski definition) is 2. The molecule has 4 heteroatoms. The minimum atomic E-state index is -1.01. The molecule has 2 aliphatic carbocycles. The molecule has 4 nitrogen and oxygen atoms in total. The van der Waals surface area contributed by atoms with Gasteiger partial charge in [0.15, 0.2) is 0 Å². The summed E-state index contributed by atoms with van der Waals surface area (Å²) < 4.78 is 0. The molecule has 0 aliphatic heterocycles. The fourth-order valence-electron chi connectivity index (χ4n) is 2.79. The SMILES string of the molecule is CC1CCCCC1(NC(=O)CC1CC1)C(=O)O. The van der Waals surface area contributed by atoms with Crippen LogP contribution in [-0.2, 0) is 9.59 Å². The van der Waals surface area contributed by atoms with Gasteiger partial charge < -0.3 is 10.4 Å². The van der Waals surface area contributed by atoms with Crippen LogP contribution in [0.4, 0.5) is 0 Å². The number of carboxylic acids is 1. The van der Waals surface area contributed by atoms with E-state index in [-0.39, 0.29) is 11.8 Å². The maximum absolute atomic E-state index is 11.8. The van der Waals surface area contributed by atoms with Crippen molar-refractivity contribution in [3.05, 3.63) is 0 Å². The normalized spacial score (nSPS) is 33.1. The van der Waals surface area contributed by atoms with Gasteiger partial charge in [0.2, 0.25) is 5.91 Å². The summed E-state index contributed by atoms with van der Waals surface area (Å²) in [6, 6.07) is 0. The van der Waals surface area contributed by atoms with Crippen molar-refractivity contribution in [2.45, 2.75) is 57.4 Å². The summed E-state index contributed by atoms with van der Waals surface area (Å²) in [5, 5.41) is 12.3. The van der Waals surface area contributed by atoms with E-state index >= 15 is 0 Å². The Kier molecular flexibility index (Phi) is 3.40. The summed E-state index contributed by atoms with van der Waals surface area (Å²) in [7, 11) is 0. The standard InChI is InChI=1S/C13H21NO3/c1-9-4-2-3-7-13(9,12(16)17)14-11(15)8-10-5-6-10/h9-10H,2-8H2,1H3,(H,14,15)(H,16,17). The van der Waals surface area contributed by atoms with Crippen LogP contribution in [0, 0.1) is 11.8 Å². The Morgan fingerprint density at radius 3 is 2.53 bits per heavy atom. The molecule has 0 aromatic carbocycles. The number of carboxylic acid groups (broad SMARTS) is 1. The number of carbonyl (C=O) groups excluding carboxylic acids is 1. The molecule has 2 rings (SSSR count). The Balaban J connectivity index is 2.04. The molecule has 2 N–H and O–H groups in total. The van der Waals surface area contributed by atoms with Crippen molar-refractivity contribution in [1.82, 2.24) is 5.32 Å². The molecule has 2 saturated carbocycles. The molecule has 0 aromatic rings. The highest BCUT2D eigenvalue weighted by Gasteiger charge is 2.46. The molecule has 0 spiro atoms. The van der Waals surface area contributed by atoms with E-state index in [1.807, 2.05) is 6.92 Å². The van der Waals surface area contributed by atoms with Crippen molar-refractivity contribution in [3.63, 3.8) is 0 Å². The lowest BCUT2D eigenvalue weighted by Crippen LogP contribution is -2.60. The van der Waals surface area contributed by atoms with E-state index in [1.54, 1.807) is 0 Å². The summed E-state index contributed by atoms with van der Waals surface area (Å²) in [5.74, 6) is -0.422. The molecule has 2 aliphatic rings. The van der Waals surface area contributed by atoms with Crippen LogP contribution in [0.5, 0.6) is 0 Å². The van der Waals surface area contributed by atoms with E-state index in [0.717, 1.165) is 32.1 Å². The Morgan fingerprint density at radius 1 is 1.29 bits per heavy atom. The number of rotatable bonds is 4. The predicted octanol–water partition coefficient (Wildman–Crippen LogP) is 1.94. The van der Waals surface area contributed by atoms with E-state index < -0.39 is 11.5 Å². The summed E-state index contributed by atoms with van der Waals surface area (Å²) in [6.45, 7) is 1.94. The fourth-order valence-corrected chi connectivity index (χ4v) is 2.79. The average molecular weight is 239 g/mol.